The van der Waals surface area contributed by atoms with E-state index < -0.39 is 0 Å². The molecule has 1 aliphatic heterocycles. The molecule has 6 heteroatoms. The van der Waals surface area contributed by atoms with E-state index in [9.17, 15) is 9.59 Å². The van der Waals surface area contributed by atoms with Gasteiger partial charge < -0.3 is 15.1 Å². The second-order valence-electron chi connectivity index (χ2n) is 5.44. The molecule has 2 N–H and O–H groups in total. The monoisotopic (exact) mass is 310 g/mol. The number of anilines is 1. The zero-order chi connectivity index (χ0) is 15.4. The molecule has 2 amide bonds. The largest absolute Gasteiger partial charge is 0.332 e. The van der Waals surface area contributed by atoms with Crippen LogP contribution in [0.4, 0.5) is 5.69 Å². The van der Waals surface area contributed by atoms with Crippen LogP contribution >= 0.6 is 11.6 Å². The molecule has 1 aromatic carbocycles. The van der Waals surface area contributed by atoms with Gasteiger partial charge in [-0.05, 0) is 30.7 Å². The first-order valence-electron chi connectivity index (χ1n) is 7.11. The van der Waals surface area contributed by atoms with Crippen molar-refractivity contribution < 1.29 is 14.5 Å². The van der Waals surface area contributed by atoms with Gasteiger partial charge in [-0.3, -0.25) is 9.59 Å². The summed E-state index contributed by atoms with van der Waals surface area (Å²) in [7, 11) is 0. The van der Waals surface area contributed by atoms with Crippen LogP contribution in [-0.4, -0.2) is 49.4 Å². The van der Waals surface area contributed by atoms with Crippen LogP contribution in [0.3, 0.4) is 0 Å². The molecule has 1 saturated heterocycles. The van der Waals surface area contributed by atoms with Crippen molar-refractivity contribution in [2.75, 3.05) is 38.0 Å². The van der Waals surface area contributed by atoms with Gasteiger partial charge in [-0.25, -0.2) is 0 Å². The van der Waals surface area contributed by atoms with Crippen molar-refractivity contribution in [3.63, 3.8) is 0 Å². The number of hydrogen-bond donors (Lipinski definition) is 2. The molecule has 0 unspecified atom stereocenters. The number of hydrogen-bond acceptors (Lipinski definition) is 2. The fourth-order valence-corrected chi connectivity index (χ4v) is 2.73. The van der Waals surface area contributed by atoms with Gasteiger partial charge in [-0.2, -0.15) is 0 Å². The Hall–Kier alpha value is -1.59. The van der Waals surface area contributed by atoms with Gasteiger partial charge in [-0.15, -0.1) is 0 Å². The fraction of sp³-hybridized carbons (Fsp3) is 0.467. The van der Waals surface area contributed by atoms with Gasteiger partial charge in [0.2, 0.25) is 5.91 Å². The quantitative estimate of drug-likeness (QED) is 0.845. The molecule has 0 aromatic heterocycles. The van der Waals surface area contributed by atoms with Crippen LogP contribution in [-0.2, 0) is 9.59 Å². The average molecular weight is 311 g/mol. The van der Waals surface area contributed by atoms with E-state index in [1.54, 1.807) is 13.0 Å². The summed E-state index contributed by atoms with van der Waals surface area (Å²) in [5.74, 6) is 0.0991. The number of nitrogens with one attached hydrogen (secondary N) is 2. The van der Waals surface area contributed by atoms with E-state index in [2.05, 4.69) is 5.32 Å². The number of halogens is 1. The lowest BCUT2D eigenvalue weighted by atomic mass is 10.2. The van der Waals surface area contributed by atoms with Gasteiger partial charge in [0, 0.05) is 17.6 Å². The van der Waals surface area contributed by atoms with Crippen molar-refractivity contribution in [2.45, 2.75) is 13.8 Å². The minimum atomic E-state index is -0.00769. The predicted octanol–water partition coefficient (Wildman–Crippen LogP) is 0.334. The summed E-state index contributed by atoms with van der Waals surface area (Å²) in [6.45, 7) is 6.99. The van der Waals surface area contributed by atoms with Crippen LogP contribution in [0.1, 0.15) is 12.5 Å². The lowest BCUT2D eigenvalue weighted by Crippen LogP contribution is -3.15. The van der Waals surface area contributed by atoms with Gasteiger partial charge in [0.1, 0.15) is 0 Å². The first kappa shape index (κ1) is 15.8. The maximum atomic E-state index is 12.1. The number of aryl methyl sites for hydroxylation is 1. The number of nitrogens with zero attached hydrogens (tertiary/aromatic N) is 1. The van der Waals surface area contributed by atoms with Gasteiger partial charge in [0.25, 0.3) is 5.91 Å². The van der Waals surface area contributed by atoms with Gasteiger partial charge in [0.15, 0.2) is 6.54 Å². The van der Waals surface area contributed by atoms with Crippen LogP contribution in [0, 0.1) is 6.92 Å². The highest BCUT2D eigenvalue weighted by Gasteiger charge is 2.23. The maximum absolute atomic E-state index is 12.1. The average Bonchev–Trinajstić information content (AvgIpc) is 2.42. The molecule has 114 valence electrons. The molecule has 0 radical (unpaired) electrons. The maximum Gasteiger partial charge on any atom is 0.279 e. The number of piperazine rings is 1. The van der Waals surface area contributed by atoms with Crippen LogP contribution in [0.15, 0.2) is 18.2 Å². The van der Waals surface area contributed by atoms with E-state index in [0.717, 1.165) is 37.4 Å². The van der Waals surface area contributed by atoms with E-state index in [4.69, 9.17) is 11.6 Å². The molecule has 1 fully saturated rings. The van der Waals surface area contributed by atoms with Crippen molar-refractivity contribution in [1.29, 1.82) is 0 Å². The molecule has 1 heterocycles. The second-order valence-corrected chi connectivity index (χ2v) is 5.88. The number of amides is 2. The number of benzene rings is 1. The lowest BCUT2D eigenvalue weighted by molar-refractivity contribution is -0.895. The van der Waals surface area contributed by atoms with E-state index >= 15 is 0 Å². The van der Waals surface area contributed by atoms with Crippen LogP contribution < -0.4 is 10.2 Å². The van der Waals surface area contributed by atoms with E-state index in [-0.39, 0.29) is 11.8 Å². The number of carbonyl (C=O) groups is 2. The number of quaternary nitrogens is 1. The Bertz CT molecular complexity index is 540. The Kier molecular flexibility index (Phi) is 5.20. The summed E-state index contributed by atoms with van der Waals surface area (Å²) in [4.78, 5) is 26.4. The molecule has 2 rings (SSSR count). The molecular weight excluding hydrogens is 290 g/mol. The standard InChI is InChI=1S/C15H20ClN3O2/c1-11-9-13(16)3-4-14(11)17-15(21)10-18-5-7-19(8-6-18)12(2)20/h3-4,9H,5-8,10H2,1-2H3,(H,17,21)/p+1. The smallest absolute Gasteiger partial charge is 0.279 e. The molecule has 0 saturated carbocycles. The van der Waals surface area contributed by atoms with Gasteiger partial charge >= 0.3 is 0 Å². The fourth-order valence-electron chi connectivity index (χ4n) is 2.50. The zero-order valence-corrected chi connectivity index (χ0v) is 13.2. The Morgan fingerprint density at radius 2 is 2.00 bits per heavy atom. The molecule has 1 aliphatic rings. The van der Waals surface area contributed by atoms with Gasteiger partial charge in [-0.1, -0.05) is 11.6 Å². The van der Waals surface area contributed by atoms with Crippen molar-refractivity contribution in [2.24, 2.45) is 0 Å². The third kappa shape index (κ3) is 4.44. The highest BCUT2D eigenvalue weighted by molar-refractivity contribution is 6.30. The summed E-state index contributed by atoms with van der Waals surface area (Å²) >= 11 is 5.90. The van der Waals surface area contributed by atoms with Crippen molar-refractivity contribution in [1.82, 2.24) is 4.90 Å². The molecule has 0 bridgehead atoms. The number of carbonyl (C=O) groups excluding carboxylic acids is 2. The highest BCUT2D eigenvalue weighted by atomic mass is 35.5. The molecule has 1 aromatic rings. The summed E-state index contributed by atoms with van der Waals surface area (Å²) in [6.07, 6.45) is 0. The third-order valence-corrected chi connectivity index (χ3v) is 4.02. The molecule has 21 heavy (non-hydrogen) atoms. The SMILES string of the molecule is CC(=O)N1CC[NH+](CC(=O)Nc2ccc(Cl)cc2C)CC1. The molecule has 5 nitrogen and oxygen atoms in total. The Balaban J connectivity index is 1.84. The first-order chi connectivity index (χ1) is 9.95. The highest BCUT2D eigenvalue weighted by Crippen LogP contribution is 2.19. The first-order valence-corrected chi connectivity index (χ1v) is 7.48. The molecular formula is C15H21ClN3O2+. The summed E-state index contributed by atoms with van der Waals surface area (Å²) in [5, 5.41) is 3.58. The van der Waals surface area contributed by atoms with Crippen molar-refractivity contribution >= 4 is 29.1 Å². The summed E-state index contributed by atoms with van der Waals surface area (Å²) in [6, 6.07) is 5.41. The lowest BCUT2D eigenvalue weighted by Gasteiger charge is -2.31. The number of rotatable bonds is 3. The van der Waals surface area contributed by atoms with Crippen molar-refractivity contribution in [3.8, 4) is 0 Å². The second kappa shape index (κ2) is 6.91. The minimum absolute atomic E-state index is 0.00769. The molecule has 0 atom stereocenters. The third-order valence-electron chi connectivity index (χ3n) is 3.79. The molecule has 0 aliphatic carbocycles. The minimum Gasteiger partial charge on any atom is -0.332 e. The summed E-state index contributed by atoms with van der Waals surface area (Å²) in [5.41, 5.74) is 1.75. The topological polar surface area (TPSA) is 53.9 Å². The van der Waals surface area contributed by atoms with E-state index in [1.165, 1.54) is 4.90 Å². The Labute approximate surface area is 129 Å². The Morgan fingerprint density at radius 1 is 1.33 bits per heavy atom. The van der Waals surface area contributed by atoms with Crippen LogP contribution in [0.25, 0.3) is 0 Å². The zero-order valence-electron chi connectivity index (χ0n) is 12.4. The van der Waals surface area contributed by atoms with Gasteiger partial charge in [0.05, 0.1) is 26.2 Å². The van der Waals surface area contributed by atoms with E-state index in [0.29, 0.717) is 11.6 Å². The predicted molar refractivity (Wildman–Crippen MR) is 82.6 cm³/mol. The Morgan fingerprint density at radius 3 is 2.57 bits per heavy atom. The van der Waals surface area contributed by atoms with E-state index in [1.807, 2.05) is 24.0 Å². The summed E-state index contributed by atoms with van der Waals surface area (Å²) < 4.78 is 0. The normalized spacial score (nSPS) is 15.9. The molecule has 0 spiro atoms. The van der Waals surface area contributed by atoms with Crippen LogP contribution in [0.5, 0.6) is 0 Å². The van der Waals surface area contributed by atoms with Crippen LogP contribution in [0.2, 0.25) is 5.02 Å². The van der Waals surface area contributed by atoms with Crippen molar-refractivity contribution in [3.05, 3.63) is 28.8 Å².